The summed E-state index contributed by atoms with van der Waals surface area (Å²) in [4.78, 5) is 0. The van der Waals surface area contributed by atoms with Crippen molar-refractivity contribution >= 4 is 8.07 Å². The van der Waals surface area contributed by atoms with Gasteiger partial charge in [0.1, 0.15) is 0 Å². The fourth-order valence-corrected chi connectivity index (χ4v) is 18.7. The van der Waals surface area contributed by atoms with Crippen LogP contribution in [0.25, 0.3) is 0 Å². The van der Waals surface area contributed by atoms with Gasteiger partial charge in [0.2, 0.25) is 0 Å². The first-order valence-electron chi connectivity index (χ1n) is 7.74. The van der Waals surface area contributed by atoms with Gasteiger partial charge in [0, 0.05) is 0 Å². The Hall–Kier alpha value is 0.217. The standard InChI is InChI=1S/C16H24Si/c1-11-5-14(11,6-11)17(4,15-7-12(15,2)8-15)16-9-13(16,3)10-16/h5-10H2,1-4H3. The number of hydrogen-bond acceptors (Lipinski definition) is 0. The largest absolute Gasteiger partial charge is 0.0708 e. The van der Waals surface area contributed by atoms with Crippen molar-refractivity contribution in [3.63, 3.8) is 0 Å². The van der Waals surface area contributed by atoms with E-state index in [1.807, 2.05) is 0 Å². The summed E-state index contributed by atoms with van der Waals surface area (Å²) in [5, 5.41) is 2.92. The topological polar surface area (TPSA) is 0 Å². The van der Waals surface area contributed by atoms with E-state index in [1.54, 1.807) is 38.5 Å². The molecule has 6 aliphatic carbocycles. The van der Waals surface area contributed by atoms with E-state index in [4.69, 9.17) is 0 Å². The minimum atomic E-state index is -1.02. The van der Waals surface area contributed by atoms with Crippen LogP contribution in [0.2, 0.25) is 21.7 Å². The van der Waals surface area contributed by atoms with Gasteiger partial charge in [-0.25, -0.2) is 0 Å². The van der Waals surface area contributed by atoms with Crippen LogP contribution in [0.1, 0.15) is 59.3 Å². The zero-order chi connectivity index (χ0) is 11.7. The van der Waals surface area contributed by atoms with Gasteiger partial charge in [-0.05, 0) is 69.9 Å². The van der Waals surface area contributed by atoms with Gasteiger partial charge < -0.3 is 0 Å². The molecule has 17 heavy (non-hydrogen) atoms. The molecular weight excluding hydrogens is 220 g/mol. The monoisotopic (exact) mass is 244 g/mol. The van der Waals surface area contributed by atoms with Crippen molar-refractivity contribution in [2.75, 3.05) is 0 Å². The number of fused-ring (bicyclic) bond motifs is 3. The molecule has 0 saturated heterocycles. The Bertz CT molecular complexity index is 436. The summed E-state index contributed by atoms with van der Waals surface area (Å²) in [6.07, 6.45) is 9.91. The molecule has 0 atom stereocenters. The van der Waals surface area contributed by atoms with Gasteiger partial charge in [0.25, 0.3) is 0 Å². The zero-order valence-corrected chi connectivity index (χ0v) is 12.7. The van der Waals surface area contributed by atoms with Gasteiger partial charge >= 0.3 is 0 Å². The highest BCUT2D eigenvalue weighted by Gasteiger charge is 3.05. The molecule has 6 saturated carbocycles. The van der Waals surface area contributed by atoms with Gasteiger partial charge in [-0.2, -0.15) is 0 Å². The predicted octanol–water partition coefficient (Wildman–Crippen LogP) is 4.73. The van der Waals surface area contributed by atoms with Gasteiger partial charge in [-0.1, -0.05) is 27.3 Å². The summed E-state index contributed by atoms with van der Waals surface area (Å²) in [6, 6.07) is 0. The first-order valence-corrected chi connectivity index (χ1v) is 10.2. The Morgan fingerprint density at radius 3 is 0.882 bits per heavy atom. The van der Waals surface area contributed by atoms with E-state index in [9.17, 15) is 0 Å². The maximum absolute atomic E-state index is 2.90. The summed E-state index contributed by atoms with van der Waals surface area (Å²) < 4.78 is 0. The van der Waals surface area contributed by atoms with Crippen LogP contribution in [0.3, 0.4) is 0 Å². The Labute approximate surface area is 106 Å². The fraction of sp³-hybridized carbons (Fsp3) is 1.00. The lowest BCUT2D eigenvalue weighted by atomic mass is 10.3. The molecule has 0 bridgehead atoms. The van der Waals surface area contributed by atoms with Crippen LogP contribution in [0.5, 0.6) is 0 Å². The molecule has 0 aromatic heterocycles. The third-order valence-corrected chi connectivity index (χ3v) is 18.4. The Balaban J connectivity index is 1.55. The molecule has 0 amide bonds. The minimum Gasteiger partial charge on any atom is -0.0679 e. The first-order chi connectivity index (χ1) is 7.74. The Morgan fingerprint density at radius 1 is 0.588 bits per heavy atom. The Morgan fingerprint density at radius 2 is 0.765 bits per heavy atom. The zero-order valence-electron chi connectivity index (χ0n) is 11.7. The van der Waals surface area contributed by atoms with Gasteiger partial charge in [-0.3, -0.25) is 0 Å². The predicted molar refractivity (Wildman–Crippen MR) is 71.7 cm³/mol. The van der Waals surface area contributed by atoms with Crippen LogP contribution in [-0.4, -0.2) is 8.07 Å². The van der Waals surface area contributed by atoms with Crippen LogP contribution < -0.4 is 0 Å². The van der Waals surface area contributed by atoms with Crippen LogP contribution in [0, 0.1) is 16.2 Å². The van der Waals surface area contributed by atoms with E-state index < -0.39 is 8.07 Å². The van der Waals surface area contributed by atoms with Crippen molar-refractivity contribution in [3.8, 4) is 0 Å². The lowest BCUT2D eigenvalue weighted by Crippen LogP contribution is -2.42. The smallest absolute Gasteiger partial charge is 0.0679 e. The average molecular weight is 244 g/mol. The third-order valence-electron chi connectivity index (χ3n) is 9.74. The van der Waals surface area contributed by atoms with E-state index in [2.05, 4.69) is 27.3 Å². The molecular formula is C16H24Si. The highest BCUT2D eigenvalue weighted by molar-refractivity contribution is 6.93. The molecule has 0 aromatic carbocycles. The normalized spacial score (nSPS) is 82.6. The fourth-order valence-electron chi connectivity index (χ4n) is 7.82. The molecule has 0 aromatic rings. The second-order valence-corrected chi connectivity index (χ2v) is 15.2. The van der Waals surface area contributed by atoms with Crippen LogP contribution >= 0.6 is 0 Å². The Kier molecular flexibility index (Phi) is 0.872. The van der Waals surface area contributed by atoms with E-state index in [-0.39, 0.29) is 0 Å². The molecule has 6 fully saturated rings. The molecule has 0 spiro atoms. The molecule has 92 valence electrons. The number of rotatable bonds is 3. The second kappa shape index (κ2) is 1.62. The van der Waals surface area contributed by atoms with Crippen LogP contribution in [0.15, 0.2) is 0 Å². The van der Waals surface area contributed by atoms with Gasteiger partial charge in [0.15, 0.2) is 0 Å². The van der Waals surface area contributed by atoms with Crippen LogP contribution in [0.4, 0.5) is 0 Å². The molecule has 0 unspecified atom stereocenters. The lowest BCUT2D eigenvalue weighted by molar-refractivity contribution is 0.707. The highest BCUT2D eigenvalue weighted by Crippen LogP contribution is 3.15. The molecule has 0 nitrogen and oxygen atoms in total. The molecule has 0 N–H and O–H groups in total. The molecule has 0 radical (unpaired) electrons. The minimum absolute atomic E-state index is 0.871. The summed E-state index contributed by atoms with van der Waals surface area (Å²) >= 11 is 0. The quantitative estimate of drug-likeness (QED) is 0.630. The van der Waals surface area contributed by atoms with Gasteiger partial charge in [-0.15, -0.1) is 0 Å². The summed E-state index contributed by atoms with van der Waals surface area (Å²) in [7, 11) is -1.02. The van der Waals surface area contributed by atoms with E-state index >= 15 is 0 Å². The maximum Gasteiger partial charge on any atom is 0.0708 e. The lowest BCUT2D eigenvalue weighted by Gasteiger charge is -2.38. The molecule has 1 heteroatoms. The van der Waals surface area contributed by atoms with E-state index in [0.29, 0.717) is 0 Å². The van der Waals surface area contributed by atoms with Crippen molar-refractivity contribution in [2.24, 2.45) is 16.2 Å². The number of hydrogen-bond donors (Lipinski definition) is 0. The maximum atomic E-state index is 2.90. The van der Waals surface area contributed by atoms with Crippen molar-refractivity contribution < 1.29 is 0 Å². The SMILES string of the molecule is CC12CC1([Si](C)(C13CC1(C)C3)C13CC1(C)C3)C2. The summed E-state index contributed by atoms with van der Waals surface area (Å²) in [6.45, 7) is 10.8. The van der Waals surface area contributed by atoms with Gasteiger partial charge in [0.05, 0.1) is 8.07 Å². The molecule has 0 aliphatic heterocycles. The summed E-state index contributed by atoms with van der Waals surface area (Å²) in [5.41, 5.74) is 2.61. The molecule has 6 aliphatic rings. The second-order valence-electron chi connectivity index (χ2n) is 10.1. The molecule has 6 rings (SSSR count). The van der Waals surface area contributed by atoms with Crippen molar-refractivity contribution in [1.29, 1.82) is 0 Å². The van der Waals surface area contributed by atoms with Crippen molar-refractivity contribution in [1.82, 2.24) is 0 Å². The summed E-state index contributed by atoms with van der Waals surface area (Å²) in [5.74, 6) is 0. The average Bonchev–Trinajstić information content (AvgIpc) is 2.72. The first kappa shape index (κ1) is 9.17. The van der Waals surface area contributed by atoms with Crippen LogP contribution in [-0.2, 0) is 0 Å². The van der Waals surface area contributed by atoms with E-state index in [0.717, 1.165) is 31.4 Å². The highest BCUT2D eigenvalue weighted by atomic mass is 28.3. The van der Waals surface area contributed by atoms with Crippen molar-refractivity contribution in [2.45, 2.75) is 81.0 Å². The third kappa shape index (κ3) is 0.536. The molecule has 0 heterocycles. The van der Waals surface area contributed by atoms with Crippen molar-refractivity contribution in [3.05, 3.63) is 0 Å². The van der Waals surface area contributed by atoms with E-state index in [1.165, 1.54) is 0 Å².